The molecule has 0 spiro atoms. The van der Waals surface area contributed by atoms with Crippen molar-refractivity contribution in [3.05, 3.63) is 93.3 Å². The van der Waals surface area contributed by atoms with E-state index < -0.39 is 10.8 Å². The highest BCUT2D eigenvalue weighted by Crippen LogP contribution is 2.35. The maximum atomic E-state index is 11.9. The third-order valence-corrected chi connectivity index (χ3v) is 4.87. The summed E-state index contributed by atoms with van der Waals surface area (Å²) in [5, 5.41) is 15.9. The number of amides is 1. The highest BCUT2D eigenvalue weighted by molar-refractivity contribution is 7.99. The first-order chi connectivity index (χ1) is 13.5. The lowest BCUT2D eigenvalue weighted by molar-refractivity contribution is -0.387. The van der Waals surface area contributed by atoms with Crippen molar-refractivity contribution in [3.8, 4) is 0 Å². The van der Waals surface area contributed by atoms with Gasteiger partial charge in [-0.05, 0) is 42.5 Å². The Morgan fingerprint density at radius 3 is 2.54 bits per heavy atom. The summed E-state index contributed by atoms with van der Waals surface area (Å²) in [6.07, 6.45) is 4.35. The number of nitro benzene ring substituents is 1. The molecule has 2 aromatic carbocycles. The molecule has 1 heterocycles. The zero-order chi connectivity index (χ0) is 19.9. The number of nitrogens with zero attached hydrogens (tertiary/aromatic N) is 3. The van der Waals surface area contributed by atoms with Gasteiger partial charge in [-0.15, -0.1) is 0 Å². The van der Waals surface area contributed by atoms with Crippen molar-refractivity contribution in [2.45, 2.75) is 9.79 Å². The van der Waals surface area contributed by atoms with Crippen molar-refractivity contribution in [2.24, 2.45) is 5.10 Å². The van der Waals surface area contributed by atoms with E-state index in [1.165, 1.54) is 36.4 Å². The van der Waals surface area contributed by atoms with Crippen LogP contribution in [0.15, 0.2) is 81.9 Å². The number of benzene rings is 2. The first kappa shape index (κ1) is 19.5. The van der Waals surface area contributed by atoms with Crippen LogP contribution in [-0.4, -0.2) is 22.0 Å². The van der Waals surface area contributed by atoms with Gasteiger partial charge in [0, 0.05) is 39.5 Å². The summed E-state index contributed by atoms with van der Waals surface area (Å²) < 4.78 is 0. The van der Waals surface area contributed by atoms with Crippen molar-refractivity contribution in [3.63, 3.8) is 0 Å². The van der Waals surface area contributed by atoms with Crippen molar-refractivity contribution in [1.82, 2.24) is 10.4 Å². The summed E-state index contributed by atoms with van der Waals surface area (Å²) in [6, 6.07) is 14.9. The third-order valence-electron chi connectivity index (χ3n) is 3.54. The number of hydrazone groups is 1. The highest BCUT2D eigenvalue weighted by Gasteiger charge is 2.15. The van der Waals surface area contributed by atoms with Crippen LogP contribution in [0.4, 0.5) is 5.69 Å². The Hall–Kier alpha value is -3.23. The van der Waals surface area contributed by atoms with Gasteiger partial charge in [-0.25, -0.2) is 5.43 Å². The Labute approximate surface area is 169 Å². The Bertz CT molecular complexity index is 1030. The van der Waals surface area contributed by atoms with Crippen molar-refractivity contribution in [2.75, 3.05) is 0 Å². The van der Waals surface area contributed by atoms with Crippen LogP contribution in [0.3, 0.4) is 0 Å². The van der Waals surface area contributed by atoms with E-state index in [1.807, 2.05) is 0 Å². The predicted octanol–water partition coefficient (Wildman–Crippen LogP) is 4.56. The predicted molar refractivity (Wildman–Crippen MR) is 108 cm³/mol. The van der Waals surface area contributed by atoms with Gasteiger partial charge >= 0.3 is 0 Å². The summed E-state index contributed by atoms with van der Waals surface area (Å²) in [5.74, 6) is -0.400. The normalized spacial score (nSPS) is 10.8. The monoisotopic (exact) mass is 412 g/mol. The molecule has 0 atom stereocenters. The molecule has 0 fully saturated rings. The van der Waals surface area contributed by atoms with Gasteiger partial charge in [0.2, 0.25) is 0 Å². The molecule has 1 amide bonds. The van der Waals surface area contributed by atoms with E-state index in [0.29, 0.717) is 21.0 Å². The molecule has 0 unspecified atom stereocenters. The quantitative estimate of drug-likeness (QED) is 0.363. The van der Waals surface area contributed by atoms with Crippen molar-refractivity contribution < 1.29 is 9.72 Å². The lowest BCUT2D eigenvalue weighted by atomic mass is 10.2. The molecular weight excluding hydrogens is 400 g/mol. The van der Waals surface area contributed by atoms with E-state index in [-0.39, 0.29) is 5.69 Å². The number of pyridine rings is 1. The number of hydrogen-bond acceptors (Lipinski definition) is 6. The third kappa shape index (κ3) is 5.15. The minimum atomic E-state index is -0.453. The van der Waals surface area contributed by atoms with Gasteiger partial charge in [-0.2, -0.15) is 5.10 Å². The number of aromatic nitrogens is 1. The molecule has 140 valence electrons. The SMILES string of the molecule is O=C(NN=Cc1ccc(Sc2ccc(Cl)cc2)c([N+](=O)[O-])c1)c1ccncc1. The summed E-state index contributed by atoms with van der Waals surface area (Å²) in [7, 11) is 0. The number of rotatable bonds is 6. The molecule has 0 aliphatic rings. The lowest BCUT2D eigenvalue weighted by Gasteiger charge is -2.04. The van der Waals surface area contributed by atoms with E-state index in [1.54, 1.807) is 48.5 Å². The van der Waals surface area contributed by atoms with Gasteiger partial charge in [0.25, 0.3) is 11.6 Å². The van der Waals surface area contributed by atoms with Crippen LogP contribution in [0.25, 0.3) is 0 Å². The van der Waals surface area contributed by atoms with Crippen LogP contribution in [0, 0.1) is 10.1 Å². The Balaban J connectivity index is 1.74. The average Bonchev–Trinajstić information content (AvgIpc) is 2.71. The standard InChI is InChI=1S/C19H13ClN4O3S/c20-15-2-4-16(5-3-15)28-18-6-1-13(11-17(18)24(26)27)12-22-23-19(25)14-7-9-21-10-8-14/h1-12H,(H,23,25). The Morgan fingerprint density at radius 1 is 1.14 bits per heavy atom. The smallest absolute Gasteiger partial charge is 0.267 e. The van der Waals surface area contributed by atoms with Crippen LogP contribution in [0.1, 0.15) is 15.9 Å². The fraction of sp³-hybridized carbons (Fsp3) is 0. The summed E-state index contributed by atoms with van der Waals surface area (Å²) in [5.41, 5.74) is 3.22. The molecule has 0 bridgehead atoms. The van der Waals surface area contributed by atoms with Crippen molar-refractivity contribution >= 4 is 41.2 Å². The molecule has 9 heteroatoms. The van der Waals surface area contributed by atoms with Crippen LogP contribution >= 0.6 is 23.4 Å². The van der Waals surface area contributed by atoms with E-state index in [9.17, 15) is 14.9 Å². The second-order valence-electron chi connectivity index (χ2n) is 5.48. The molecule has 1 aromatic heterocycles. The molecule has 3 rings (SSSR count). The largest absolute Gasteiger partial charge is 0.283 e. The van der Waals surface area contributed by atoms with Gasteiger partial charge in [-0.1, -0.05) is 29.4 Å². The summed E-state index contributed by atoms with van der Waals surface area (Å²) in [4.78, 5) is 28.1. The summed E-state index contributed by atoms with van der Waals surface area (Å²) >= 11 is 7.13. The van der Waals surface area contributed by atoms with Crippen LogP contribution in [0.2, 0.25) is 5.02 Å². The molecule has 0 saturated carbocycles. The van der Waals surface area contributed by atoms with Crippen LogP contribution in [0.5, 0.6) is 0 Å². The first-order valence-corrected chi connectivity index (χ1v) is 9.17. The molecule has 0 aliphatic carbocycles. The number of carbonyl (C=O) groups is 1. The summed E-state index contributed by atoms with van der Waals surface area (Å²) in [6.45, 7) is 0. The minimum absolute atomic E-state index is 0.0515. The molecule has 0 saturated heterocycles. The van der Waals surface area contributed by atoms with Gasteiger partial charge in [-0.3, -0.25) is 19.9 Å². The fourth-order valence-electron chi connectivity index (χ4n) is 2.21. The Kier molecular flexibility index (Phi) is 6.36. The molecule has 0 radical (unpaired) electrons. The lowest BCUT2D eigenvalue weighted by Crippen LogP contribution is -2.17. The molecule has 0 aliphatic heterocycles. The topological polar surface area (TPSA) is 97.5 Å². The number of hydrogen-bond donors (Lipinski definition) is 1. The van der Waals surface area contributed by atoms with Gasteiger partial charge < -0.3 is 0 Å². The number of carbonyl (C=O) groups excluding carboxylic acids is 1. The zero-order valence-corrected chi connectivity index (χ0v) is 15.9. The fourth-order valence-corrected chi connectivity index (χ4v) is 3.23. The maximum absolute atomic E-state index is 11.9. The van der Waals surface area contributed by atoms with E-state index in [0.717, 1.165) is 4.90 Å². The minimum Gasteiger partial charge on any atom is -0.267 e. The zero-order valence-electron chi connectivity index (χ0n) is 14.3. The average molecular weight is 413 g/mol. The number of nitrogens with one attached hydrogen (secondary N) is 1. The van der Waals surface area contributed by atoms with Crippen LogP contribution in [-0.2, 0) is 0 Å². The van der Waals surface area contributed by atoms with E-state index in [4.69, 9.17) is 11.6 Å². The van der Waals surface area contributed by atoms with E-state index in [2.05, 4.69) is 15.5 Å². The molecule has 28 heavy (non-hydrogen) atoms. The number of halogens is 1. The van der Waals surface area contributed by atoms with E-state index >= 15 is 0 Å². The maximum Gasteiger partial charge on any atom is 0.283 e. The first-order valence-electron chi connectivity index (χ1n) is 7.98. The Morgan fingerprint density at radius 2 is 1.86 bits per heavy atom. The van der Waals surface area contributed by atoms with Gasteiger partial charge in [0.05, 0.1) is 16.0 Å². The van der Waals surface area contributed by atoms with Crippen LogP contribution < -0.4 is 5.43 Å². The molecule has 3 aromatic rings. The second kappa shape index (κ2) is 9.12. The number of nitro groups is 1. The molecule has 1 N–H and O–H groups in total. The molecule has 7 nitrogen and oxygen atoms in total. The molecular formula is C19H13ClN4O3S. The highest BCUT2D eigenvalue weighted by atomic mass is 35.5. The van der Waals surface area contributed by atoms with Gasteiger partial charge in [0.15, 0.2) is 0 Å². The van der Waals surface area contributed by atoms with Gasteiger partial charge in [0.1, 0.15) is 0 Å². The second-order valence-corrected chi connectivity index (χ2v) is 7.03. The van der Waals surface area contributed by atoms with Crippen molar-refractivity contribution in [1.29, 1.82) is 0 Å².